The van der Waals surface area contributed by atoms with Crippen molar-refractivity contribution in [3.63, 3.8) is 0 Å². The molecule has 0 rings (SSSR count). The van der Waals surface area contributed by atoms with Gasteiger partial charge in [-0.05, 0) is 6.42 Å². The minimum atomic E-state index is -0.0787. The Labute approximate surface area is 73.1 Å². The molecule has 1 atom stereocenters. The van der Waals surface area contributed by atoms with Gasteiger partial charge in [-0.25, -0.2) is 0 Å². The first-order valence-electron chi connectivity index (χ1n) is 4.33. The van der Waals surface area contributed by atoms with E-state index in [1.54, 1.807) is 0 Å². The number of amides is 1. The molecule has 0 bridgehead atoms. The van der Waals surface area contributed by atoms with Gasteiger partial charge in [0.15, 0.2) is 0 Å². The molecule has 0 aliphatic carbocycles. The maximum Gasteiger partial charge on any atom is 0.221 e. The fourth-order valence-electron chi connectivity index (χ4n) is 0.978. The molecular weight excluding hydrogens is 156 g/mol. The van der Waals surface area contributed by atoms with E-state index in [9.17, 15) is 4.79 Å². The zero-order chi connectivity index (χ0) is 9.40. The normalized spacial score (nSPS) is 12.6. The molecule has 0 fully saturated rings. The van der Waals surface area contributed by atoms with Gasteiger partial charge < -0.3 is 16.2 Å². The number of hydrogen-bond acceptors (Lipinski definition) is 3. The predicted molar refractivity (Wildman–Crippen MR) is 47.6 cm³/mol. The molecule has 4 heteroatoms. The van der Waals surface area contributed by atoms with Gasteiger partial charge in [-0.3, -0.25) is 4.79 Å². The number of nitrogens with two attached hydrogens (primary N) is 1. The Morgan fingerprint density at radius 2 is 2.33 bits per heavy atom. The van der Waals surface area contributed by atoms with E-state index in [0.717, 1.165) is 12.8 Å². The molecule has 0 spiro atoms. The van der Waals surface area contributed by atoms with Gasteiger partial charge in [0, 0.05) is 19.0 Å². The first-order valence-corrected chi connectivity index (χ1v) is 4.33. The van der Waals surface area contributed by atoms with Crippen molar-refractivity contribution in [2.24, 2.45) is 5.73 Å². The standard InChI is InChI=1S/C8H18N2O2/c1-2-3-7(9)6-8(12)10-4-5-11/h7,11H,2-6,9H2,1H3,(H,10,12). The summed E-state index contributed by atoms with van der Waals surface area (Å²) in [6, 6.07) is -0.0475. The van der Waals surface area contributed by atoms with Crippen molar-refractivity contribution in [3.8, 4) is 0 Å². The Morgan fingerprint density at radius 1 is 1.67 bits per heavy atom. The monoisotopic (exact) mass is 174 g/mol. The maximum absolute atomic E-state index is 11.0. The highest BCUT2D eigenvalue weighted by molar-refractivity contribution is 5.76. The number of carbonyl (C=O) groups excluding carboxylic acids is 1. The highest BCUT2D eigenvalue weighted by atomic mass is 16.3. The van der Waals surface area contributed by atoms with Crippen molar-refractivity contribution >= 4 is 5.91 Å². The second-order valence-electron chi connectivity index (χ2n) is 2.83. The van der Waals surface area contributed by atoms with Gasteiger partial charge in [-0.2, -0.15) is 0 Å². The minimum absolute atomic E-state index is 0.0191. The van der Waals surface area contributed by atoms with Crippen molar-refractivity contribution in [3.05, 3.63) is 0 Å². The van der Waals surface area contributed by atoms with Gasteiger partial charge >= 0.3 is 0 Å². The summed E-state index contributed by atoms with van der Waals surface area (Å²) in [6.07, 6.45) is 2.22. The molecule has 0 aromatic carbocycles. The topological polar surface area (TPSA) is 75.4 Å². The van der Waals surface area contributed by atoms with Crippen LogP contribution in [0.25, 0.3) is 0 Å². The number of nitrogens with one attached hydrogen (secondary N) is 1. The number of rotatable bonds is 6. The first-order chi connectivity index (χ1) is 5.70. The molecule has 0 radical (unpaired) electrons. The smallest absolute Gasteiger partial charge is 0.221 e. The van der Waals surface area contributed by atoms with Crippen molar-refractivity contribution in [1.82, 2.24) is 5.32 Å². The summed E-state index contributed by atoms with van der Waals surface area (Å²) in [5.41, 5.74) is 5.63. The summed E-state index contributed by atoms with van der Waals surface area (Å²) in [4.78, 5) is 11.0. The number of aliphatic hydroxyl groups is 1. The summed E-state index contributed by atoms with van der Waals surface area (Å²) >= 11 is 0. The molecule has 0 aromatic rings. The highest BCUT2D eigenvalue weighted by Gasteiger charge is 2.06. The van der Waals surface area contributed by atoms with E-state index in [1.807, 2.05) is 6.92 Å². The Morgan fingerprint density at radius 3 is 2.83 bits per heavy atom. The van der Waals surface area contributed by atoms with Gasteiger partial charge in [0.05, 0.1) is 6.61 Å². The van der Waals surface area contributed by atoms with Gasteiger partial charge in [0.2, 0.25) is 5.91 Å². The molecule has 4 nitrogen and oxygen atoms in total. The average molecular weight is 174 g/mol. The van der Waals surface area contributed by atoms with Crippen LogP contribution in [-0.2, 0) is 4.79 Å². The van der Waals surface area contributed by atoms with Crippen LogP contribution in [0.5, 0.6) is 0 Å². The third-order valence-corrected chi connectivity index (χ3v) is 1.54. The SMILES string of the molecule is CCCC(N)CC(=O)NCCO. The van der Waals surface area contributed by atoms with E-state index >= 15 is 0 Å². The van der Waals surface area contributed by atoms with E-state index in [4.69, 9.17) is 10.8 Å². The van der Waals surface area contributed by atoms with E-state index in [0.29, 0.717) is 13.0 Å². The molecule has 0 saturated carbocycles. The maximum atomic E-state index is 11.0. The molecule has 0 saturated heterocycles. The Hall–Kier alpha value is -0.610. The molecule has 0 aliphatic heterocycles. The fourth-order valence-corrected chi connectivity index (χ4v) is 0.978. The van der Waals surface area contributed by atoms with Gasteiger partial charge in [-0.1, -0.05) is 13.3 Å². The lowest BCUT2D eigenvalue weighted by molar-refractivity contribution is -0.121. The summed E-state index contributed by atoms with van der Waals surface area (Å²) < 4.78 is 0. The Bertz CT molecular complexity index is 128. The number of hydrogen-bond donors (Lipinski definition) is 3. The van der Waals surface area contributed by atoms with Crippen LogP contribution < -0.4 is 11.1 Å². The second-order valence-corrected chi connectivity index (χ2v) is 2.83. The van der Waals surface area contributed by atoms with E-state index in [-0.39, 0.29) is 18.6 Å². The lowest BCUT2D eigenvalue weighted by atomic mass is 10.1. The third-order valence-electron chi connectivity index (χ3n) is 1.54. The van der Waals surface area contributed by atoms with Gasteiger partial charge in [-0.15, -0.1) is 0 Å². The van der Waals surface area contributed by atoms with Crippen molar-refractivity contribution in [2.75, 3.05) is 13.2 Å². The fraction of sp³-hybridized carbons (Fsp3) is 0.875. The second kappa shape index (κ2) is 7.06. The largest absolute Gasteiger partial charge is 0.395 e. The Balaban J connectivity index is 3.40. The average Bonchev–Trinajstić information content (AvgIpc) is 2.01. The summed E-state index contributed by atoms with van der Waals surface area (Å²) in [5.74, 6) is -0.0787. The molecule has 12 heavy (non-hydrogen) atoms. The zero-order valence-electron chi connectivity index (χ0n) is 7.55. The quantitative estimate of drug-likeness (QED) is 0.513. The van der Waals surface area contributed by atoms with Crippen LogP contribution in [-0.4, -0.2) is 30.2 Å². The molecule has 1 unspecified atom stereocenters. The van der Waals surface area contributed by atoms with Crippen LogP contribution in [0.3, 0.4) is 0 Å². The van der Waals surface area contributed by atoms with Gasteiger partial charge in [0.1, 0.15) is 0 Å². The van der Waals surface area contributed by atoms with E-state index in [1.165, 1.54) is 0 Å². The molecule has 72 valence electrons. The summed E-state index contributed by atoms with van der Waals surface area (Å²) in [5, 5.41) is 11.0. The molecule has 4 N–H and O–H groups in total. The molecule has 0 heterocycles. The molecule has 0 aliphatic rings. The summed E-state index contributed by atoms with van der Waals surface area (Å²) in [7, 11) is 0. The Kier molecular flexibility index (Phi) is 6.70. The third kappa shape index (κ3) is 6.12. The van der Waals surface area contributed by atoms with Crippen molar-refractivity contribution in [2.45, 2.75) is 32.2 Å². The molecule has 1 amide bonds. The first kappa shape index (κ1) is 11.4. The lowest BCUT2D eigenvalue weighted by Gasteiger charge is -2.09. The molecular formula is C8H18N2O2. The molecule has 0 aromatic heterocycles. The van der Waals surface area contributed by atoms with Crippen LogP contribution in [0.4, 0.5) is 0 Å². The highest BCUT2D eigenvalue weighted by Crippen LogP contribution is 1.97. The number of aliphatic hydroxyl groups excluding tert-OH is 1. The van der Waals surface area contributed by atoms with Crippen molar-refractivity contribution < 1.29 is 9.90 Å². The van der Waals surface area contributed by atoms with Crippen LogP contribution in [0.1, 0.15) is 26.2 Å². The van der Waals surface area contributed by atoms with Crippen molar-refractivity contribution in [1.29, 1.82) is 0 Å². The summed E-state index contributed by atoms with van der Waals surface area (Å²) in [6.45, 7) is 2.33. The van der Waals surface area contributed by atoms with E-state index in [2.05, 4.69) is 5.32 Å². The van der Waals surface area contributed by atoms with Crippen LogP contribution in [0.2, 0.25) is 0 Å². The number of carbonyl (C=O) groups is 1. The predicted octanol–water partition coefficient (Wildman–Crippen LogP) is -0.388. The van der Waals surface area contributed by atoms with Crippen LogP contribution in [0, 0.1) is 0 Å². The minimum Gasteiger partial charge on any atom is -0.395 e. The lowest BCUT2D eigenvalue weighted by Crippen LogP contribution is -2.33. The van der Waals surface area contributed by atoms with E-state index < -0.39 is 0 Å². The zero-order valence-corrected chi connectivity index (χ0v) is 7.55. The van der Waals surface area contributed by atoms with Crippen LogP contribution in [0.15, 0.2) is 0 Å². The van der Waals surface area contributed by atoms with Gasteiger partial charge in [0.25, 0.3) is 0 Å². The van der Waals surface area contributed by atoms with Crippen LogP contribution >= 0.6 is 0 Å².